The van der Waals surface area contributed by atoms with Crippen LogP contribution in [-0.2, 0) is 11.8 Å². The summed E-state index contributed by atoms with van der Waals surface area (Å²) in [5.41, 5.74) is -0.331. The maximum Gasteiger partial charge on any atom is 0.298 e. The second-order valence-electron chi connectivity index (χ2n) is 6.92. The third kappa shape index (κ3) is 3.53. The lowest BCUT2D eigenvalue weighted by atomic mass is 10.1. The normalized spacial score (nSPS) is 23.3. The maximum atomic E-state index is 13.0. The minimum atomic E-state index is -1.50. The molecule has 1 amide bonds. The lowest BCUT2D eigenvalue weighted by Crippen LogP contribution is -2.37. The van der Waals surface area contributed by atoms with Gasteiger partial charge in [0, 0.05) is 12.6 Å². The Bertz CT molecular complexity index is 1170. The fraction of sp³-hybridized carbons (Fsp3) is 0.389. The number of anilines is 1. The number of fused-ring (bicyclic) bond motifs is 1. The van der Waals surface area contributed by atoms with Crippen molar-refractivity contribution in [2.75, 3.05) is 19.0 Å². The van der Waals surface area contributed by atoms with E-state index in [1.165, 1.54) is 18.8 Å². The number of methoxy groups -OCH3 is 1. The number of aryl methyl sites for hydroxylation is 1. The predicted molar refractivity (Wildman–Crippen MR) is 105 cm³/mol. The van der Waals surface area contributed by atoms with Crippen LogP contribution in [0.2, 0.25) is 0 Å². The molecule has 1 aliphatic rings. The van der Waals surface area contributed by atoms with E-state index in [1.807, 2.05) is 0 Å². The molecule has 1 saturated heterocycles. The molecule has 0 aliphatic carbocycles. The van der Waals surface area contributed by atoms with Crippen molar-refractivity contribution in [1.82, 2.24) is 24.8 Å². The van der Waals surface area contributed by atoms with Gasteiger partial charge in [-0.25, -0.2) is 0 Å². The first-order chi connectivity index (χ1) is 14.8. The SMILES string of the molecule is COc1ccc(C(=O)Nc2nn(C)c3c(=O)n(C4OC(CO)C(O)C4O)nnc23)cc1. The van der Waals surface area contributed by atoms with Crippen LogP contribution in [0.4, 0.5) is 5.82 Å². The summed E-state index contributed by atoms with van der Waals surface area (Å²) >= 11 is 0. The van der Waals surface area contributed by atoms with E-state index in [2.05, 4.69) is 20.7 Å². The van der Waals surface area contributed by atoms with Gasteiger partial charge in [-0.2, -0.15) is 9.78 Å². The minimum absolute atomic E-state index is 0.00207. The molecule has 13 nitrogen and oxygen atoms in total. The van der Waals surface area contributed by atoms with Gasteiger partial charge in [0.25, 0.3) is 11.5 Å². The highest BCUT2D eigenvalue weighted by Crippen LogP contribution is 2.28. The van der Waals surface area contributed by atoms with Crippen LogP contribution in [0.1, 0.15) is 16.6 Å². The van der Waals surface area contributed by atoms with Gasteiger partial charge < -0.3 is 30.1 Å². The predicted octanol–water partition coefficient (Wildman–Crippen LogP) is -1.60. The molecule has 1 fully saturated rings. The first-order valence-corrected chi connectivity index (χ1v) is 9.25. The van der Waals surface area contributed by atoms with Gasteiger partial charge >= 0.3 is 0 Å². The Morgan fingerprint density at radius 3 is 2.58 bits per heavy atom. The molecule has 31 heavy (non-hydrogen) atoms. The number of carbonyl (C=O) groups excluding carboxylic acids is 1. The molecule has 164 valence electrons. The van der Waals surface area contributed by atoms with E-state index in [0.717, 1.165) is 4.68 Å². The van der Waals surface area contributed by atoms with Gasteiger partial charge in [0.2, 0.25) is 0 Å². The van der Waals surface area contributed by atoms with E-state index in [0.29, 0.717) is 11.3 Å². The first-order valence-electron chi connectivity index (χ1n) is 9.25. The number of aliphatic hydroxyl groups excluding tert-OH is 3. The van der Waals surface area contributed by atoms with Crippen molar-refractivity contribution in [2.24, 2.45) is 7.05 Å². The van der Waals surface area contributed by atoms with Crippen molar-refractivity contribution >= 4 is 22.8 Å². The zero-order valence-electron chi connectivity index (χ0n) is 16.5. The Labute approximate surface area is 174 Å². The Morgan fingerprint density at radius 1 is 1.26 bits per heavy atom. The number of amides is 1. The molecule has 13 heteroatoms. The van der Waals surface area contributed by atoms with Gasteiger partial charge in [-0.3, -0.25) is 14.3 Å². The van der Waals surface area contributed by atoms with Crippen molar-refractivity contribution in [3.8, 4) is 5.75 Å². The molecule has 1 aromatic carbocycles. The summed E-state index contributed by atoms with van der Waals surface area (Å²) in [5.74, 6) is 0.143. The average molecular weight is 432 g/mol. The summed E-state index contributed by atoms with van der Waals surface area (Å²) in [7, 11) is 3.00. The quantitative estimate of drug-likeness (QED) is 0.367. The smallest absolute Gasteiger partial charge is 0.298 e. The van der Waals surface area contributed by atoms with E-state index >= 15 is 0 Å². The number of hydrogen-bond donors (Lipinski definition) is 4. The first kappa shape index (κ1) is 20.9. The summed E-state index contributed by atoms with van der Waals surface area (Å²) in [5, 5.41) is 43.8. The number of nitrogens with zero attached hydrogens (tertiary/aromatic N) is 5. The van der Waals surface area contributed by atoms with E-state index in [4.69, 9.17) is 9.47 Å². The lowest BCUT2D eigenvalue weighted by Gasteiger charge is -2.15. The summed E-state index contributed by atoms with van der Waals surface area (Å²) < 4.78 is 12.4. The number of benzene rings is 1. The molecule has 0 radical (unpaired) electrons. The van der Waals surface area contributed by atoms with E-state index in [-0.39, 0.29) is 16.9 Å². The highest BCUT2D eigenvalue weighted by Gasteiger charge is 2.44. The largest absolute Gasteiger partial charge is 0.497 e. The number of ether oxygens (including phenoxy) is 2. The highest BCUT2D eigenvalue weighted by atomic mass is 16.6. The van der Waals surface area contributed by atoms with Gasteiger partial charge in [-0.05, 0) is 24.3 Å². The molecule has 3 heterocycles. The summed E-state index contributed by atoms with van der Waals surface area (Å²) in [6, 6.07) is 6.40. The van der Waals surface area contributed by atoms with Crippen molar-refractivity contribution < 1.29 is 29.6 Å². The van der Waals surface area contributed by atoms with Crippen LogP contribution in [0.5, 0.6) is 5.75 Å². The van der Waals surface area contributed by atoms with Crippen LogP contribution in [-0.4, -0.2) is 78.0 Å². The molecule has 0 saturated carbocycles. The standard InChI is InChI=1S/C18H20N6O7/c1-23-12-11(15(21-23)19-16(28)8-3-5-9(30-2)6-4-8)20-22-24(17(12)29)18-14(27)13(26)10(7-25)31-18/h3-6,10,13-14,18,25-27H,7H2,1-2H3,(H,19,21,28). The van der Waals surface area contributed by atoms with Gasteiger partial charge in [0.1, 0.15) is 24.1 Å². The molecule has 0 spiro atoms. The topological polar surface area (TPSA) is 174 Å². The van der Waals surface area contributed by atoms with Crippen LogP contribution >= 0.6 is 0 Å². The number of hydrogen-bond acceptors (Lipinski definition) is 10. The zero-order chi connectivity index (χ0) is 22.3. The van der Waals surface area contributed by atoms with Crippen LogP contribution in [0.25, 0.3) is 11.0 Å². The number of rotatable bonds is 5. The summed E-state index contributed by atoms with van der Waals surface area (Å²) in [4.78, 5) is 25.5. The second-order valence-corrected chi connectivity index (χ2v) is 6.92. The van der Waals surface area contributed by atoms with Crippen LogP contribution in [0.15, 0.2) is 29.1 Å². The molecule has 4 atom stereocenters. The molecule has 3 aromatic rings. The van der Waals surface area contributed by atoms with Crippen molar-refractivity contribution in [3.05, 3.63) is 40.2 Å². The third-order valence-corrected chi connectivity index (χ3v) is 5.02. The Balaban J connectivity index is 1.66. The highest BCUT2D eigenvalue weighted by molar-refractivity contribution is 6.07. The molecule has 1 aliphatic heterocycles. The Kier molecular flexibility index (Phi) is 5.41. The molecule has 4 unspecified atom stereocenters. The van der Waals surface area contributed by atoms with Crippen LogP contribution in [0.3, 0.4) is 0 Å². The van der Waals surface area contributed by atoms with E-state index in [1.54, 1.807) is 24.3 Å². The number of aliphatic hydroxyl groups is 3. The second kappa shape index (κ2) is 8.03. The zero-order valence-corrected chi connectivity index (χ0v) is 16.5. The van der Waals surface area contributed by atoms with E-state index in [9.17, 15) is 24.9 Å². The number of aromatic nitrogens is 5. The Hall–Kier alpha value is -3.39. The van der Waals surface area contributed by atoms with E-state index < -0.39 is 42.6 Å². The molecular weight excluding hydrogens is 412 g/mol. The van der Waals surface area contributed by atoms with Gasteiger partial charge in [-0.15, -0.1) is 5.10 Å². The number of nitrogens with one attached hydrogen (secondary N) is 1. The van der Waals surface area contributed by atoms with Crippen molar-refractivity contribution in [2.45, 2.75) is 24.5 Å². The molecule has 0 bridgehead atoms. The summed E-state index contributed by atoms with van der Waals surface area (Å²) in [6.45, 7) is -0.549. The van der Waals surface area contributed by atoms with Crippen molar-refractivity contribution in [3.63, 3.8) is 0 Å². The maximum absolute atomic E-state index is 13.0. The Morgan fingerprint density at radius 2 is 1.97 bits per heavy atom. The average Bonchev–Trinajstić information content (AvgIpc) is 3.25. The monoisotopic (exact) mass is 432 g/mol. The van der Waals surface area contributed by atoms with Gasteiger partial charge in [0.05, 0.1) is 13.7 Å². The fourth-order valence-corrected chi connectivity index (χ4v) is 3.34. The van der Waals surface area contributed by atoms with Crippen LogP contribution < -0.4 is 15.6 Å². The number of carbonyl (C=O) groups is 1. The minimum Gasteiger partial charge on any atom is -0.497 e. The molecular formula is C18H20N6O7. The molecule has 4 N–H and O–H groups in total. The fourth-order valence-electron chi connectivity index (χ4n) is 3.34. The van der Waals surface area contributed by atoms with Gasteiger partial charge in [0.15, 0.2) is 23.1 Å². The van der Waals surface area contributed by atoms with Gasteiger partial charge in [-0.1, -0.05) is 5.21 Å². The van der Waals surface area contributed by atoms with Crippen LogP contribution in [0, 0.1) is 0 Å². The third-order valence-electron chi connectivity index (χ3n) is 5.02. The lowest BCUT2D eigenvalue weighted by molar-refractivity contribution is -0.0619. The molecule has 4 rings (SSSR count). The summed E-state index contributed by atoms with van der Waals surface area (Å²) in [6.07, 6.45) is -5.31. The molecule has 2 aromatic heterocycles. The van der Waals surface area contributed by atoms with Crippen molar-refractivity contribution in [1.29, 1.82) is 0 Å².